The number of alkyl halides is 1. The third-order valence-corrected chi connectivity index (χ3v) is 1.33. The number of nitrogens with one attached hydrogen (secondary N) is 1. The minimum absolute atomic E-state index is 0.0370. The van der Waals surface area contributed by atoms with Crippen molar-refractivity contribution in [3.8, 4) is 0 Å². The molecule has 0 saturated carbocycles. The molecule has 0 saturated heterocycles. The summed E-state index contributed by atoms with van der Waals surface area (Å²) >= 11 is 0. The topological polar surface area (TPSA) is 23.9 Å². The lowest BCUT2D eigenvalue weighted by atomic mass is 10.1. The van der Waals surface area contributed by atoms with Crippen molar-refractivity contribution in [2.75, 3.05) is 6.67 Å². The monoisotopic (exact) mass is 155 g/mol. The molecular formula is C8H7F2N. The third kappa shape index (κ3) is 1.61. The quantitative estimate of drug-likeness (QED) is 0.633. The van der Waals surface area contributed by atoms with Gasteiger partial charge in [-0.1, -0.05) is 18.2 Å². The Morgan fingerprint density at radius 2 is 2.00 bits per heavy atom. The Hall–Kier alpha value is -1.25. The van der Waals surface area contributed by atoms with Crippen molar-refractivity contribution in [3.05, 3.63) is 35.6 Å². The fourth-order valence-electron chi connectivity index (χ4n) is 0.778. The first-order valence-electron chi connectivity index (χ1n) is 3.14. The normalized spacial score (nSPS) is 9.64. The molecule has 0 bridgehead atoms. The van der Waals surface area contributed by atoms with Crippen LogP contribution in [0.5, 0.6) is 0 Å². The lowest BCUT2D eigenvalue weighted by molar-refractivity contribution is 0.575. The standard InChI is InChI=1S/C8H7F2N/c9-5-8(11)6-3-1-2-4-7(6)10/h1-4,11H,5H2. The molecule has 1 N–H and O–H groups in total. The van der Waals surface area contributed by atoms with Gasteiger partial charge in [-0.3, -0.25) is 0 Å². The minimum Gasteiger partial charge on any atom is -0.302 e. The highest BCUT2D eigenvalue weighted by molar-refractivity contribution is 5.99. The van der Waals surface area contributed by atoms with E-state index >= 15 is 0 Å². The molecule has 0 atom stereocenters. The lowest BCUT2D eigenvalue weighted by Crippen LogP contribution is -2.03. The van der Waals surface area contributed by atoms with Gasteiger partial charge in [0, 0.05) is 5.56 Å². The van der Waals surface area contributed by atoms with Gasteiger partial charge >= 0.3 is 0 Å². The Labute approximate surface area is 63.2 Å². The number of benzene rings is 1. The zero-order chi connectivity index (χ0) is 8.27. The maximum atomic E-state index is 12.7. The average molecular weight is 155 g/mol. The smallest absolute Gasteiger partial charge is 0.132 e. The zero-order valence-corrected chi connectivity index (χ0v) is 5.77. The van der Waals surface area contributed by atoms with Gasteiger partial charge in [-0.05, 0) is 6.07 Å². The molecule has 0 aliphatic carbocycles. The van der Waals surface area contributed by atoms with Crippen molar-refractivity contribution in [2.45, 2.75) is 0 Å². The highest BCUT2D eigenvalue weighted by Crippen LogP contribution is 2.06. The van der Waals surface area contributed by atoms with Crippen LogP contribution < -0.4 is 0 Å². The summed E-state index contributed by atoms with van der Waals surface area (Å²) < 4.78 is 24.6. The summed E-state index contributed by atoms with van der Waals surface area (Å²) in [6.07, 6.45) is 0. The summed E-state index contributed by atoms with van der Waals surface area (Å²) in [6, 6.07) is 5.67. The van der Waals surface area contributed by atoms with E-state index in [0.29, 0.717) is 0 Å². The molecule has 0 aliphatic heterocycles. The molecule has 0 fully saturated rings. The fraction of sp³-hybridized carbons (Fsp3) is 0.125. The molecule has 0 aliphatic rings. The predicted molar refractivity (Wildman–Crippen MR) is 39.2 cm³/mol. The van der Waals surface area contributed by atoms with E-state index in [1.165, 1.54) is 18.2 Å². The fourth-order valence-corrected chi connectivity index (χ4v) is 0.778. The van der Waals surface area contributed by atoms with Gasteiger partial charge in [0.05, 0.1) is 5.71 Å². The Morgan fingerprint density at radius 1 is 1.36 bits per heavy atom. The molecule has 0 amide bonds. The molecule has 3 heteroatoms. The molecule has 0 unspecified atom stereocenters. The van der Waals surface area contributed by atoms with E-state index in [9.17, 15) is 8.78 Å². The van der Waals surface area contributed by atoms with Crippen LogP contribution in [-0.4, -0.2) is 12.4 Å². The van der Waals surface area contributed by atoms with Crippen molar-refractivity contribution in [3.63, 3.8) is 0 Å². The van der Waals surface area contributed by atoms with Crippen molar-refractivity contribution in [1.82, 2.24) is 0 Å². The van der Waals surface area contributed by atoms with Crippen LogP contribution in [0.4, 0.5) is 8.78 Å². The van der Waals surface area contributed by atoms with E-state index in [1.807, 2.05) is 0 Å². The molecule has 11 heavy (non-hydrogen) atoms. The second kappa shape index (κ2) is 3.23. The van der Waals surface area contributed by atoms with Gasteiger partial charge in [0.2, 0.25) is 0 Å². The summed E-state index contributed by atoms with van der Waals surface area (Å²) in [5, 5.41) is 7.00. The Balaban J connectivity index is 3.03. The Kier molecular flexibility index (Phi) is 2.31. The molecule has 0 spiro atoms. The van der Waals surface area contributed by atoms with E-state index in [1.54, 1.807) is 6.07 Å². The van der Waals surface area contributed by atoms with E-state index in [-0.39, 0.29) is 11.3 Å². The van der Waals surface area contributed by atoms with Gasteiger partial charge < -0.3 is 5.41 Å². The van der Waals surface area contributed by atoms with Crippen LogP contribution in [0.25, 0.3) is 0 Å². The summed E-state index contributed by atoms with van der Waals surface area (Å²) in [6.45, 7) is -0.930. The Bertz CT molecular complexity index is 271. The minimum atomic E-state index is -0.930. The first-order valence-corrected chi connectivity index (χ1v) is 3.14. The van der Waals surface area contributed by atoms with E-state index in [4.69, 9.17) is 5.41 Å². The summed E-state index contributed by atoms with van der Waals surface area (Å²) in [7, 11) is 0. The van der Waals surface area contributed by atoms with Crippen LogP contribution in [0.1, 0.15) is 5.56 Å². The number of rotatable bonds is 2. The highest BCUT2D eigenvalue weighted by atomic mass is 19.1. The van der Waals surface area contributed by atoms with Crippen molar-refractivity contribution in [2.24, 2.45) is 0 Å². The van der Waals surface area contributed by atoms with Crippen LogP contribution in [0, 0.1) is 11.2 Å². The zero-order valence-electron chi connectivity index (χ0n) is 5.77. The van der Waals surface area contributed by atoms with Crippen molar-refractivity contribution >= 4 is 5.71 Å². The van der Waals surface area contributed by atoms with Gasteiger partial charge in [0.1, 0.15) is 12.5 Å². The number of hydrogen-bond acceptors (Lipinski definition) is 1. The highest BCUT2D eigenvalue weighted by Gasteiger charge is 2.04. The first-order chi connectivity index (χ1) is 5.25. The number of halogens is 2. The molecule has 58 valence electrons. The van der Waals surface area contributed by atoms with Crippen LogP contribution in [-0.2, 0) is 0 Å². The second-order valence-corrected chi connectivity index (χ2v) is 2.09. The Morgan fingerprint density at radius 3 is 2.55 bits per heavy atom. The van der Waals surface area contributed by atoms with Gasteiger partial charge in [-0.25, -0.2) is 8.78 Å². The largest absolute Gasteiger partial charge is 0.302 e. The summed E-state index contributed by atoms with van der Waals surface area (Å²) in [4.78, 5) is 0. The maximum absolute atomic E-state index is 12.7. The molecule has 1 rings (SSSR count). The van der Waals surface area contributed by atoms with Crippen LogP contribution in [0.3, 0.4) is 0 Å². The average Bonchev–Trinajstić information content (AvgIpc) is 2.04. The number of hydrogen-bond donors (Lipinski definition) is 1. The van der Waals surface area contributed by atoms with Crippen molar-refractivity contribution in [1.29, 1.82) is 5.41 Å². The van der Waals surface area contributed by atoms with E-state index in [2.05, 4.69) is 0 Å². The summed E-state index contributed by atoms with van der Waals surface area (Å²) in [5.41, 5.74) is -0.280. The van der Waals surface area contributed by atoms with E-state index in [0.717, 1.165) is 0 Å². The predicted octanol–water partition coefficient (Wildman–Crippen LogP) is 2.16. The molecule has 0 heterocycles. The van der Waals surface area contributed by atoms with Crippen LogP contribution in [0.2, 0.25) is 0 Å². The van der Waals surface area contributed by atoms with Gasteiger partial charge in [-0.15, -0.1) is 0 Å². The summed E-state index contributed by atoms with van der Waals surface area (Å²) in [5.74, 6) is -0.546. The van der Waals surface area contributed by atoms with Gasteiger partial charge in [0.25, 0.3) is 0 Å². The molecule has 0 aromatic heterocycles. The molecule has 1 nitrogen and oxygen atoms in total. The van der Waals surface area contributed by atoms with Crippen LogP contribution in [0.15, 0.2) is 24.3 Å². The third-order valence-electron chi connectivity index (χ3n) is 1.33. The van der Waals surface area contributed by atoms with E-state index < -0.39 is 12.5 Å². The molecule has 0 radical (unpaired) electrons. The lowest BCUT2D eigenvalue weighted by Gasteiger charge is -1.98. The first kappa shape index (κ1) is 7.85. The molecule has 1 aromatic rings. The molecular weight excluding hydrogens is 148 g/mol. The maximum Gasteiger partial charge on any atom is 0.132 e. The van der Waals surface area contributed by atoms with Gasteiger partial charge in [0.15, 0.2) is 0 Å². The molecule has 1 aromatic carbocycles. The van der Waals surface area contributed by atoms with Crippen molar-refractivity contribution < 1.29 is 8.78 Å². The van der Waals surface area contributed by atoms with Crippen LogP contribution >= 0.6 is 0 Å². The SMILES string of the molecule is N=C(CF)c1ccccc1F. The second-order valence-electron chi connectivity index (χ2n) is 2.09. The van der Waals surface area contributed by atoms with Gasteiger partial charge in [-0.2, -0.15) is 0 Å².